The number of aromatic nitrogens is 2. The first-order valence-electron chi connectivity index (χ1n) is 5.71. The third-order valence-corrected chi connectivity index (χ3v) is 2.33. The van der Waals surface area contributed by atoms with Crippen LogP contribution >= 0.6 is 0 Å². The molecular formula is C13H11FN4O2. The van der Waals surface area contributed by atoms with Gasteiger partial charge in [0, 0.05) is 25.0 Å². The number of benzene rings is 1. The van der Waals surface area contributed by atoms with Crippen LogP contribution in [-0.2, 0) is 4.79 Å². The quantitative estimate of drug-likeness (QED) is 0.894. The molecule has 2 rings (SSSR count). The highest BCUT2D eigenvalue weighted by molar-refractivity contribution is 6.03. The molecule has 102 valence electrons. The first-order chi connectivity index (χ1) is 9.56. The van der Waals surface area contributed by atoms with Crippen molar-refractivity contribution >= 4 is 23.2 Å². The molecule has 0 unspecified atom stereocenters. The van der Waals surface area contributed by atoms with Crippen LogP contribution in [0.2, 0.25) is 0 Å². The van der Waals surface area contributed by atoms with Gasteiger partial charge in [-0.3, -0.25) is 14.6 Å². The molecule has 7 heteroatoms. The number of anilines is 2. The average molecular weight is 274 g/mol. The van der Waals surface area contributed by atoms with Gasteiger partial charge in [0.1, 0.15) is 11.5 Å². The molecule has 2 aromatic rings. The smallest absolute Gasteiger partial charge is 0.275 e. The van der Waals surface area contributed by atoms with Gasteiger partial charge in [0.05, 0.1) is 11.9 Å². The summed E-state index contributed by atoms with van der Waals surface area (Å²) in [5.41, 5.74) is 0.400. The highest BCUT2D eigenvalue weighted by Crippen LogP contribution is 2.20. The van der Waals surface area contributed by atoms with Crippen LogP contribution in [0.4, 0.5) is 15.8 Å². The van der Waals surface area contributed by atoms with Crippen LogP contribution in [0.5, 0.6) is 0 Å². The fourth-order valence-corrected chi connectivity index (χ4v) is 1.50. The van der Waals surface area contributed by atoms with E-state index in [-0.39, 0.29) is 17.3 Å². The highest BCUT2D eigenvalue weighted by Gasteiger charge is 2.11. The molecule has 0 aliphatic heterocycles. The summed E-state index contributed by atoms with van der Waals surface area (Å²) in [6, 6.07) is 3.87. The van der Waals surface area contributed by atoms with Crippen LogP contribution in [0, 0.1) is 5.82 Å². The molecule has 0 spiro atoms. The van der Waals surface area contributed by atoms with Crippen LogP contribution in [-0.4, -0.2) is 21.8 Å². The predicted octanol–water partition coefficient (Wildman–Crippen LogP) is 1.83. The van der Waals surface area contributed by atoms with Gasteiger partial charge in [-0.25, -0.2) is 9.37 Å². The second-order valence-corrected chi connectivity index (χ2v) is 3.92. The Hall–Kier alpha value is -2.83. The zero-order valence-corrected chi connectivity index (χ0v) is 10.6. The minimum Gasteiger partial charge on any atom is -0.326 e. The number of carbonyl (C=O) groups excluding carboxylic acids is 2. The summed E-state index contributed by atoms with van der Waals surface area (Å²) >= 11 is 0. The van der Waals surface area contributed by atoms with Gasteiger partial charge in [0.2, 0.25) is 5.91 Å². The van der Waals surface area contributed by atoms with Crippen LogP contribution in [0.1, 0.15) is 17.4 Å². The molecular weight excluding hydrogens is 263 g/mol. The number of amides is 2. The van der Waals surface area contributed by atoms with Crippen molar-refractivity contribution in [3.63, 3.8) is 0 Å². The number of nitrogens with one attached hydrogen (secondary N) is 2. The summed E-state index contributed by atoms with van der Waals surface area (Å²) in [7, 11) is 0. The SMILES string of the molecule is CC(=O)Nc1ccc(F)c(NC(=O)c2cnccn2)c1. The van der Waals surface area contributed by atoms with E-state index in [0.717, 1.165) is 6.07 Å². The van der Waals surface area contributed by atoms with Gasteiger partial charge in [-0.05, 0) is 18.2 Å². The monoisotopic (exact) mass is 274 g/mol. The Morgan fingerprint density at radius 2 is 2.00 bits per heavy atom. The van der Waals surface area contributed by atoms with Gasteiger partial charge < -0.3 is 10.6 Å². The number of nitrogens with zero attached hydrogens (tertiary/aromatic N) is 2. The topological polar surface area (TPSA) is 84.0 Å². The van der Waals surface area contributed by atoms with E-state index < -0.39 is 11.7 Å². The molecule has 0 aliphatic rings. The molecule has 2 N–H and O–H groups in total. The minimum absolute atomic E-state index is 0.0492. The number of rotatable bonds is 3. The first-order valence-corrected chi connectivity index (χ1v) is 5.71. The minimum atomic E-state index is -0.614. The van der Waals surface area contributed by atoms with E-state index in [1.54, 1.807) is 0 Å². The Morgan fingerprint density at radius 1 is 1.20 bits per heavy atom. The Morgan fingerprint density at radius 3 is 2.65 bits per heavy atom. The molecule has 0 saturated heterocycles. The Bertz CT molecular complexity index is 646. The maximum atomic E-state index is 13.6. The van der Waals surface area contributed by atoms with Gasteiger partial charge in [0.15, 0.2) is 0 Å². The van der Waals surface area contributed by atoms with E-state index in [4.69, 9.17) is 0 Å². The summed E-state index contributed by atoms with van der Waals surface area (Å²) in [5, 5.41) is 4.87. The Kier molecular flexibility index (Phi) is 3.99. The van der Waals surface area contributed by atoms with Crippen LogP contribution < -0.4 is 10.6 Å². The molecule has 1 aromatic heterocycles. The lowest BCUT2D eigenvalue weighted by Gasteiger charge is -2.08. The van der Waals surface area contributed by atoms with E-state index in [1.807, 2.05) is 0 Å². The number of carbonyl (C=O) groups is 2. The summed E-state index contributed by atoms with van der Waals surface area (Å²) in [6.45, 7) is 1.33. The maximum absolute atomic E-state index is 13.6. The standard InChI is InChI=1S/C13H11FN4O2/c1-8(19)17-9-2-3-10(14)11(6-9)18-13(20)12-7-15-4-5-16-12/h2-7H,1H3,(H,17,19)(H,18,20). The highest BCUT2D eigenvalue weighted by atomic mass is 19.1. The normalized spacial score (nSPS) is 9.90. The Balaban J connectivity index is 2.20. The van der Waals surface area contributed by atoms with E-state index in [9.17, 15) is 14.0 Å². The molecule has 0 radical (unpaired) electrons. The van der Waals surface area contributed by atoms with Gasteiger partial charge in [-0.15, -0.1) is 0 Å². The fraction of sp³-hybridized carbons (Fsp3) is 0.0769. The lowest BCUT2D eigenvalue weighted by atomic mass is 10.2. The molecule has 1 heterocycles. The molecule has 0 fully saturated rings. The zero-order chi connectivity index (χ0) is 14.5. The molecule has 0 atom stereocenters. The molecule has 1 aromatic carbocycles. The largest absolute Gasteiger partial charge is 0.326 e. The summed E-state index contributed by atoms with van der Waals surface area (Å²) in [5.74, 6) is -1.49. The van der Waals surface area contributed by atoms with Crippen LogP contribution in [0.3, 0.4) is 0 Å². The Labute approximate surface area is 114 Å². The van der Waals surface area contributed by atoms with Gasteiger partial charge in [-0.1, -0.05) is 0 Å². The number of hydrogen-bond acceptors (Lipinski definition) is 4. The van der Waals surface area contributed by atoms with Crippen molar-refractivity contribution in [3.8, 4) is 0 Å². The van der Waals surface area contributed by atoms with Crippen LogP contribution in [0.25, 0.3) is 0 Å². The van der Waals surface area contributed by atoms with Crippen LogP contribution in [0.15, 0.2) is 36.8 Å². The maximum Gasteiger partial charge on any atom is 0.275 e. The number of hydrogen-bond donors (Lipinski definition) is 2. The predicted molar refractivity (Wildman–Crippen MR) is 70.7 cm³/mol. The second-order valence-electron chi connectivity index (χ2n) is 3.92. The summed E-state index contributed by atoms with van der Waals surface area (Å²) in [4.78, 5) is 30.3. The molecule has 6 nitrogen and oxygen atoms in total. The van der Waals surface area contributed by atoms with Crippen molar-refractivity contribution in [2.75, 3.05) is 10.6 Å². The summed E-state index contributed by atoms with van der Waals surface area (Å²) < 4.78 is 13.6. The van der Waals surface area contributed by atoms with Gasteiger partial charge in [0.25, 0.3) is 5.91 Å². The van der Waals surface area contributed by atoms with Crippen molar-refractivity contribution in [1.82, 2.24) is 9.97 Å². The molecule has 2 amide bonds. The average Bonchev–Trinajstić information content (AvgIpc) is 2.43. The molecule has 0 aliphatic carbocycles. The lowest BCUT2D eigenvalue weighted by Crippen LogP contribution is -2.15. The van der Waals surface area contributed by atoms with Gasteiger partial charge >= 0.3 is 0 Å². The fourth-order valence-electron chi connectivity index (χ4n) is 1.50. The third-order valence-electron chi connectivity index (χ3n) is 2.33. The number of halogens is 1. The van der Waals surface area contributed by atoms with Crippen molar-refractivity contribution in [1.29, 1.82) is 0 Å². The molecule has 20 heavy (non-hydrogen) atoms. The van der Waals surface area contributed by atoms with E-state index in [0.29, 0.717) is 5.69 Å². The second kappa shape index (κ2) is 5.87. The lowest BCUT2D eigenvalue weighted by molar-refractivity contribution is -0.114. The zero-order valence-electron chi connectivity index (χ0n) is 10.6. The van der Waals surface area contributed by atoms with Crippen molar-refractivity contribution in [2.45, 2.75) is 6.92 Å². The van der Waals surface area contributed by atoms with E-state index in [2.05, 4.69) is 20.6 Å². The van der Waals surface area contributed by atoms with E-state index in [1.165, 1.54) is 37.6 Å². The molecule has 0 bridgehead atoms. The third kappa shape index (κ3) is 3.35. The van der Waals surface area contributed by atoms with Crippen molar-refractivity contribution in [3.05, 3.63) is 48.3 Å². The van der Waals surface area contributed by atoms with Crippen molar-refractivity contribution in [2.24, 2.45) is 0 Å². The first kappa shape index (κ1) is 13.6. The molecule has 0 saturated carbocycles. The van der Waals surface area contributed by atoms with E-state index >= 15 is 0 Å². The van der Waals surface area contributed by atoms with Gasteiger partial charge in [-0.2, -0.15) is 0 Å². The summed E-state index contributed by atoms with van der Waals surface area (Å²) in [6.07, 6.45) is 4.05. The van der Waals surface area contributed by atoms with Crippen molar-refractivity contribution < 1.29 is 14.0 Å².